The normalized spacial score (nSPS) is 17.3. The van der Waals surface area contributed by atoms with Gasteiger partial charge < -0.3 is 4.90 Å². The summed E-state index contributed by atoms with van der Waals surface area (Å²) in [6, 6.07) is 2.21. The summed E-state index contributed by atoms with van der Waals surface area (Å²) >= 11 is 0. The van der Waals surface area contributed by atoms with E-state index >= 15 is 0 Å². The van der Waals surface area contributed by atoms with Crippen LogP contribution in [0.15, 0.2) is 18.3 Å². The zero-order valence-electron chi connectivity index (χ0n) is 12.4. The molecule has 0 bridgehead atoms. The van der Waals surface area contributed by atoms with E-state index in [0.29, 0.717) is 18.9 Å². The number of alkyl halides is 3. The number of piperazine rings is 1. The lowest BCUT2D eigenvalue weighted by molar-refractivity contribution is -0.137. The lowest BCUT2D eigenvalue weighted by Gasteiger charge is -2.34. The van der Waals surface area contributed by atoms with Gasteiger partial charge in [-0.05, 0) is 19.1 Å². The van der Waals surface area contributed by atoms with Crippen molar-refractivity contribution in [2.75, 3.05) is 36.8 Å². The average Bonchev–Trinajstić information content (AvgIpc) is 2.45. The van der Waals surface area contributed by atoms with Gasteiger partial charge in [0.2, 0.25) is 10.0 Å². The quantitative estimate of drug-likeness (QED) is 0.814. The predicted octanol–water partition coefficient (Wildman–Crippen LogP) is 1.14. The second kappa shape index (κ2) is 6.44. The summed E-state index contributed by atoms with van der Waals surface area (Å²) in [7, 11) is -3.63. The molecule has 0 aliphatic carbocycles. The van der Waals surface area contributed by atoms with Crippen LogP contribution in [0.3, 0.4) is 0 Å². The van der Waals surface area contributed by atoms with Crippen LogP contribution >= 0.6 is 0 Å². The Morgan fingerprint density at radius 1 is 1.22 bits per heavy atom. The first-order valence-electron chi connectivity index (χ1n) is 6.85. The zero-order chi connectivity index (χ0) is 17.3. The van der Waals surface area contributed by atoms with Crippen LogP contribution in [0.1, 0.15) is 12.5 Å². The molecule has 0 saturated carbocycles. The van der Waals surface area contributed by atoms with E-state index in [1.54, 1.807) is 4.90 Å². The molecule has 1 saturated heterocycles. The monoisotopic (exact) mass is 351 g/mol. The second-order valence-corrected chi connectivity index (χ2v) is 7.22. The summed E-state index contributed by atoms with van der Waals surface area (Å²) in [4.78, 5) is 16.5. The number of hydrogen-bond acceptors (Lipinski definition) is 5. The topological polar surface area (TPSA) is 70.6 Å². The minimum atomic E-state index is -4.44. The van der Waals surface area contributed by atoms with Gasteiger partial charge in [-0.3, -0.25) is 4.79 Å². The van der Waals surface area contributed by atoms with Crippen molar-refractivity contribution in [3.05, 3.63) is 23.9 Å². The van der Waals surface area contributed by atoms with Gasteiger partial charge in [-0.15, -0.1) is 0 Å². The molecule has 1 fully saturated rings. The Morgan fingerprint density at radius 2 is 1.83 bits per heavy atom. The fourth-order valence-corrected chi connectivity index (χ4v) is 3.70. The van der Waals surface area contributed by atoms with Crippen LogP contribution in [-0.2, 0) is 21.0 Å². The summed E-state index contributed by atoms with van der Waals surface area (Å²) in [5.41, 5.74) is -0.830. The van der Waals surface area contributed by atoms with E-state index in [0.717, 1.165) is 12.3 Å². The summed E-state index contributed by atoms with van der Waals surface area (Å²) in [6.45, 7) is 2.14. The number of Topliss-reactive ketones (excluding diaryl/α,β-unsaturated/α-hetero) is 1. The van der Waals surface area contributed by atoms with Crippen LogP contribution < -0.4 is 4.90 Å². The number of hydrogen-bond donors (Lipinski definition) is 0. The summed E-state index contributed by atoms with van der Waals surface area (Å²) in [5.74, 6) is -0.607. The van der Waals surface area contributed by atoms with Gasteiger partial charge in [-0.2, -0.15) is 17.5 Å². The molecule has 23 heavy (non-hydrogen) atoms. The van der Waals surface area contributed by atoms with Gasteiger partial charge in [0.25, 0.3) is 0 Å². The number of aromatic nitrogens is 1. The number of halogens is 3. The Labute approximate surface area is 132 Å². The lowest BCUT2D eigenvalue weighted by atomic mass is 10.2. The van der Waals surface area contributed by atoms with Crippen molar-refractivity contribution < 1.29 is 26.4 Å². The van der Waals surface area contributed by atoms with Gasteiger partial charge >= 0.3 is 6.18 Å². The maximum absolute atomic E-state index is 12.5. The molecule has 0 unspecified atom stereocenters. The molecule has 0 radical (unpaired) electrons. The Kier molecular flexibility index (Phi) is 4.95. The number of anilines is 1. The Bertz CT molecular complexity index is 666. The van der Waals surface area contributed by atoms with Crippen LogP contribution in [0.2, 0.25) is 0 Å². The van der Waals surface area contributed by atoms with Crippen molar-refractivity contribution >= 4 is 21.6 Å². The highest BCUT2D eigenvalue weighted by Crippen LogP contribution is 2.29. The van der Waals surface area contributed by atoms with E-state index in [-0.39, 0.29) is 13.1 Å². The van der Waals surface area contributed by atoms with Gasteiger partial charge in [0.05, 0.1) is 5.56 Å². The molecule has 128 valence electrons. The summed E-state index contributed by atoms with van der Waals surface area (Å²) in [6.07, 6.45) is -3.68. The van der Waals surface area contributed by atoms with Crippen molar-refractivity contribution in [2.45, 2.75) is 13.1 Å². The highest BCUT2D eigenvalue weighted by Gasteiger charge is 2.32. The van der Waals surface area contributed by atoms with Gasteiger partial charge in [0.15, 0.2) is 0 Å². The molecule has 0 aromatic carbocycles. The second-order valence-electron chi connectivity index (χ2n) is 5.25. The van der Waals surface area contributed by atoms with Gasteiger partial charge in [-0.1, -0.05) is 0 Å². The van der Waals surface area contributed by atoms with Crippen molar-refractivity contribution in [2.24, 2.45) is 0 Å². The molecular weight excluding hydrogens is 335 g/mol. The van der Waals surface area contributed by atoms with Crippen LogP contribution in [0, 0.1) is 0 Å². The highest BCUT2D eigenvalue weighted by atomic mass is 32.2. The molecular formula is C13H16F3N3O3S. The molecule has 2 heterocycles. The minimum absolute atomic E-state index is 0.165. The third-order valence-electron chi connectivity index (χ3n) is 3.42. The first-order chi connectivity index (χ1) is 10.6. The van der Waals surface area contributed by atoms with Crippen LogP contribution in [0.5, 0.6) is 0 Å². The Balaban J connectivity index is 2.01. The average molecular weight is 351 g/mol. The van der Waals surface area contributed by atoms with Crippen LogP contribution in [-0.4, -0.2) is 55.4 Å². The fraction of sp³-hybridized carbons (Fsp3) is 0.538. The van der Waals surface area contributed by atoms with E-state index in [1.807, 2.05) is 0 Å². The molecule has 2 rings (SSSR count). The number of carbonyl (C=O) groups excluding carboxylic acids is 1. The number of pyridine rings is 1. The number of ketones is 1. The van der Waals surface area contributed by atoms with Crippen molar-refractivity contribution in [1.82, 2.24) is 9.29 Å². The molecule has 0 spiro atoms. The predicted molar refractivity (Wildman–Crippen MR) is 77.5 cm³/mol. The lowest BCUT2D eigenvalue weighted by Crippen LogP contribution is -2.50. The van der Waals surface area contributed by atoms with E-state index in [9.17, 15) is 26.4 Å². The number of nitrogens with zero attached hydrogens (tertiary/aromatic N) is 3. The molecule has 0 atom stereocenters. The first-order valence-corrected chi connectivity index (χ1v) is 8.46. The minimum Gasteiger partial charge on any atom is -0.354 e. The zero-order valence-corrected chi connectivity index (χ0v) is 13.2. The van der Waals surface area contributed by atoms with Crippen molar-refractivity contribution in [1.29, 1.82) is 0 Å². The SMILES string of the molecule is CC(=O)CS(=O)(=O)N1CCN(c2ccc(C(F)(F)F)cn2)CC1. The highest BCUT2D eigenvalue weighted by molar-refractivity contribution is 7.89. The van der Waals surface area contributed by atoms with Crippen molar-refractivity contribution in [3.8, 4) is 0 Å². The number of rotatable bonds is 4. The van der Waals surface area contributed by atoms with E-state index < -0.39 is 33.3 Å². The summed E-state index contributed by atoms with van der Waals surface area (Å²) in [5, 5.41) is 0. The van der Waals surface area contributed by atoms with Crippen molar-refractivity contribution in [3.63, 3.8) is 0 Å². The Morgan fingerprint density at radius 3 is 2.26 bits per heavy atom. The van der Waals surface area contributed by atoms with Crippen LogP contribution in [0.25, 0.3) is 0 Å². The van der Waals surface area contributed by atoms with E-state index in [2.05, 4.69) is 4.98 Å². The maximum atomic E-state index is 12.5. The van der Waals surface area contributed by atoms with E-state index in [1.165, 1.54) is 17.3 Å². The van der Waals surface area contributed by atoms with Crippen LogP contribution in [0.4, 0.5) is 19.0 Å². The fourth-order valence-electron chi connectivity index (χ4n) is 2.28. The van der Waals surface area contributed by atoms with Gasteiger partial charge in [0.1, 0.15) is 17.4 Å². The molecule has 1 aromatic rings. The molecule has 1 aliphatic rings. The number of carbonyl (C=O) groups is 1. The van der Waals surface area contributed by atoms with E-state index in [4.69, 9.17) is 0 Å². The maximum Gasteiger partial charge on any atom is 0.417 e. The molecule has 10 heteroatoms. The summed E-state index contributed by atoms with van der Waals surface area (Å²) < 4.78 is 62.6. The molecule has 1 aliphatic heterocycles. The molecule has 0 N–H and O–H groups in total. The smallest absolute Gasteiger partial charge is 0.354 e. The molecule has 0 amide bonds. The van der Waals surface area contributed by atoms with Gasteiger partial charge in [0, 0.05) is 32.4 Å². The number of sulfonamides is 1. The standard InChI is InChI=1S/C13H16F3N3O3S/c1-10(20)9-23(21,22)19-6-4-18(5-7-19)12-3-2-11(8-17-12)13(14,15)16/h2-3,8H,4-7,9H2,1H3. The Hall–Kier alpha value is -1.68. The van der Waals surface area contributed by atoms with Gasteiger partial charge in [-0.25, -0.2) is 13.4 Å². The third kappa shape index (κ3) is 4.41. The third-order valence-corrected chi connectivity index (χ3v) is 5.34. The first kappa shape index (κ1) is 17.7. The largest absolute Gasteiger partial charge is 0.417 e. The molecule has 1 aromatic heterocycles. The molecule has 6 nitrogen and oxygen atoms in total.